The first kappa shape index (κ1) is 20.7. The number of carbonyl (C=O) groups is 1. The third kappa shape index (κ3) is 4.88. The van der Waals surface area contributed by atoms with Crippen LogP contribution in [-0.2, 0) is 14.6 Å². The standard InChI is InChI=1S/C16H20Cl2N4O3S2/c1-10(2)6-21(12-3-4-27(24,25)9-12)14(23)8-26-16-20-19-15-13(18)5-11(17)7-22(15)16/h5,7,10,12H,3-4,6,8-9H2,1-2H3. The summed E-state index contributed by atoms with van der Waals surface area (Å²) in [5, 5.41) is 9.43. The maximum absolute atomic E-state index is 12.8. The molecule has 3 heterocycles. The van der Waals surface area contributed by atoms with Crippen LogP contribution in [0.5, 0.6) is 0 Å². The number of rotatable bonds is 6. The van der Waals surface area contributed by atoms with Crippen LogP contribution in [0, 0.1) is 5.92 Å². The minimum Gasteiger partial charge on any atom is -0.338 e. The molecule has 7 nitrogen and oxygen atoms in total. The molecule has 0 spiro atoms. The lowest BCUT2D eigenvalue weighted by Gasteiger charge is -2.29. The van der Waals surface area contributed by atoms with Gasteiger partial charge in [0, 0.05) is 18.8 Å². The largest absolute Gasteiger partial charge is 0.338 e. The van der Waals surface area contributed by atoms with E-state index in [0.29, 0.717) is 33.8 Å². The van der Waals surface area contributed by atoms with Crippen LogP contribution in [0.25, 0.3) is 5.65 Å². The van der Waals surface area contributed by atoms with Crippen LogP contribution in [0.3, 0.4) is 0 Å². The molecule has 11 heteroatoms. The molecule has 1 fully saturated rings. The Morgan fingerprint density at radius 2 is 2.15 bits per heavy atom. The molecule has 0 N–H and O–H groups in total. The van der Waals surface area contributed by atoms with Crippen molar-refractivity contribution >= 4 is 56.4 Å². The zero-order valence-electron chi connectivity index (χ0n) is 14.9. The molecule has 1 unspecified atom stereocenters. The third-order valence-electron chi connectivity index (χ3n) is 4.25. The molecule has 0 saturated carbocycles. The van der Waals surface area contributed by atoms with E-state index in [9.17, 15) is 13.2 Å². The minimum atomic E-state index is -3.06. The van der Waals surface area contributed by atoms with E-state index in [1.54, 1.807) is 21.6 Å². The van der Waals surface area contributed by atoms with E-state index in [1.165, 1.54) is 11.8 Å². The highest BCUT2D eigenvalue weighted by Gasteiger charge is 2.34. The lowest BCUT2D eigenvalue weighted by Crippen LogP contribution is -2.44. The van der Waals surface area contributed by atoms with Gasteiger partial charge < -0.3 is 4.90 Å². The smallest absolute Gasteiger partial charge is 0.233 e. The number of aromatic nitrogens is 3. The van der Waals surface area contributed by atoms with Crippen LogP contribution < -0.4 is 0 Å². The van der Waals surface area contributed by atoms with Gasteiger partial charge in [0.15, 0.2) is 20.6 Å². The molecular weight excluding hydrogens is 431 g/mol. The van der Waals surface area contributed by atoms with Crippen molar-refractivity contribution < 1.29 is 13.2 Å². The summed E-state index contributed by atoms with van der Waals surface area (Å²) in [6.07, 6.45) is 2.13. The van der Waals surface area contributed by atoms with Gasteiger partial charge in [0.2, 0.25) is 5.91 Å². The molecule has 1 aliphatic rings. The minimum absolute atomic E-state index is 0.0369. The van der Waals surface area contributed by atoms with Gasteiger partial charge >= 0.3 is 0 Å². The van der Waals surface area contributed by atoms with Gasteiger partial charge in [-0.1, -0.05) is 48.8 Å². The topological polar surface area (TPSA) is 84.6 Å². The van der Waals surface area contributed by atoms with Crippen molar-refractivity contribution in [3.8, 4) is 0 Å². The highest BCUT2D eigenvalue weighted by molar-refractivity contribution is 7.99. The Morgan fingerprint density at radius 1 is 1.41 bits per heavy atom. The number of thioether (sulfide) groups is 1. The summed E-state index contributed by atoms with van der Waals surface area (Å²) in [6.45, 7) is 4.54. The number of hydrogen-bond donors (Lipinski definition) is 0. The number of nitrogens with zero attached hydrogens (tertiary/aromatic N) is 4. The van der Waals surface area contributed by atoms with Gasteiger partial charge in [0.05, 0.1) is 27.3 Å². The van der Waals surface area contributed by atoms with Crippen molar-refractivity contribution in [3.05, 3.63) is 22.3 Å². The van der Waals surface area contributed by atoms with Crippen molar-refractivity contribution in [1.29, 1.82) is 0 Å². The Hall–Kier alpha value is -1.03. The molecule has 3 rings (SSSR count). The number of fused-ring (bicyclic) bond motifs is 1. The zero-order valence-corrected chi connectivity index (χ0v) is 18.1. The summed E-state index contributed by atoms with van der Waals surface area (Å²) < 4.78 is 25.3. The Morgan fingerprint density at radius 3 is 2.78 bits per heavy atom. The van der Waals surface area contributed by atoms with Gasteiger partial charge in [-0.05, 0) is 18.4 Å². The lowest BCUT2D eigenvalue weighted by atomic mass is 10.1. The molecule has 0 bridgehead atoms. The molecule has 27 heavy (non-hydrogen) atoms. The van der Waals surface area contributed by atoms with Crippen molar-refractivity contribution in [3.63, 3.8) is 0 Å². The van der Waals surface area contributed by atoms with E-state index in [2.05, 4.69) is 10.2 Å². The third-order valence-corrected chi connectivity index (χ3v) is 7.41. The summed E-state index contributed by atoms with van der Waals surface area (Å²) in [6, 6.07) is 1.32. The number of sulfone groups is 1. The summed E-state index contributed by atoms with van der Waals surface area (Å²) in [7, 11) is -3.06. The van der Waals surface area contributed by atoms with E-state index in [-0.39, 0.29) is 35.1 Å². The second kappa shape index (κ2) is 8.14. The summed E-state index contributed by atoms with van der Waals surface area (Å²) >= 11 is 13.4. The number of amides is 1. The van der Waals surface area contributed by atoms with Crippen molar-refractivity contribution in [2.45, 2.75) is 31.5 Å². The van der Waals surface area contributed by atoms with Crippen LogP contribution in [0.4, 0.5) is 0 Å². The fourth-order valence-electron chi connectivity index (χ4n) is 3.08. The SMILES string of the molecule is CC(C)CN(C(=O)CSc1nnc2c(Cl)cc(Cl)cn12)C1CCS(=O)(=O)C1. The molecule has 0 aliphatic carbocycles. The van der Waals surface area contributed by atoms with Gasteiger partial charge in [-0.25, -0.2) is 8.42 Å². The molecular formula is C16H20Cl2N4O3S2. The van der Waals surface area contributed by atoms with Gasteiger partial charge in [0.25, 0.3) is 0 Å². The van der Waals surface area contributed by atoms with Crippen molar-refractivity contribution in [1.82, 2.24) is 19.5 Å². The van der Waals surface area contributed by atoms with Gasteiger partial charge in [-0.2, -0.15) is 0 Å². The molecule has 1 saturated heterocycles. The molecule has 2 aromatic rings. The molecule has 0 radical (unpaired) electrons. The quantitative estimate of drug-likeness (QED) is 0.628. The maximum Gasteiger partial charge on any atom is 0.233 e. The molecule has 1 amide bonds. The molecule has 148 valence electrons. The second-order valence-electron chi connectivity index (χ2n) is 6.97. The van der Waals surface area contributed by atoms with Crippen LogP contribution in [0.2, 0.25) is 10.0 Å². The second-order valence-corrected chi connectivity index (χ2v) is 11.0. The molecule has 2 aromatic heterocycles. The zero-order chi connectivity index (χ0) is 19.8. The van der Waals surface area contributed by atoms with E-state index < -0.39 is 9.84 Å². The highest BCUT2D eigenvalue weighted by Crippen LogP contribution is 2.26. The summed E-state index contributed by atoms with van der Waals surface area (Å²) in [5.74, 6) is 0.441. The Labute approximate surface area is 172 Å². The Bertz CT molecular complexity index is 962. The van der Waals surface area contributed by atoms with Crippen LogP contribution in [0.15, 0.2) is 17.4 Å². The molecule has 1 aliphatic heterocycles. The molecule has 0 aromatic carbocycles. The lowest BCUT2D eigenvalue weighted by molar-refractivity contribution is -0.130. The molecule has 1 atom stereocenters. The summed E-state index contributed by atoms with van der Waals surface area (Å²) in [5.41, 5.74) is 0.469. The van der Waals surface area contributed by atoms with Crippen LogP contribution in [-0.4, -0.2) is 63.7 Å². The Kier molecular flexibility index (Phi) is 6.24. The van der Waals surface area contributed by atoms with Gasteiger partial charge in [-0.15, -0.1) is 10.2 Å². The van der Waals surface area contributed by atoms with E-state index in [4.69, 9.17) is 23.2 Å². The van der Waals surface area contributed by atoms with Crippen LogP contribution >= 0.6 is 35.0 Å². The fourth-order valence-corrected chi connectivity index (χ4v) is 6.11. The van der Waals surface area contributed by atoms with E-state index in [1.807, 2.05) is 13.8 Å². The average molecular weight is 451 g/mol. The van der Waals surface area contributed by atoms with Crippen molar-refractivity contribution in [2.75, 3.05) is 23.8 Å². The van der Waals surface area contributed by atoms with E-state index >= 15 is 0 Å². The first-order chi connectivity index (χ1) is 12.7. The normalized spacial score (nSPS) is 19.1. The predicted octanol–water partition coefficient (Wildman–Crippen LogP) is 2.80. The first-order valence-corrected chi connectivity index (χ1v) is 12.0. The Balaban J connectivity index is 1.74. The monoisotopic (exact) mass is 450 g/mol. The first-order valence-electron chi connectivity index (χ1n) is 8.49. The number of hydrogen-bond acceptors (Lipinski definition) is 6. The maximum atomic E-state index is 12.8. The highest BCUT2D eigenvalue weighted by atomic mass is 35.5. The number of carbonyl (C=O) groups excluding carboxylic acids is 1. The number of pyridine rings is 1. The predicted molar refractivity (Wildman–Crippen MR) is 107 cm³/mol. The fraction of sp³-hybridized carbons (Fsp3) is 0.562. The van der Waals surface area contributed by atoms with Gasteiger partial charge in [0.1, 0.15) is 0 Å². The number of halogens is 2. The van der Waals surface area contributed by atoms with E-state index in [0.717, 1.165) is 0 Å². The van der Waals surface area contributed by atoms with Crippen LogP contribution in [0.1, 0.15) is 20.3 Å². The van der Waals surface area contributed by atoms with Crippen molar-refractivity contribution in [2.24, 2.45) is 5.92 Å². The van der Waals surface area contributed by atoms with Gasteiger partial charge in [-0.3, -0.25) is 9.20 Å². The average Bonchev–Trinajstić information content (AvgIpc) is 3.13. The summed E-state index contributed by atoms with van der Waals surface area (Å²) in [4.78, 5) is 14.5.